The molecule has 0 aromatic heterocycles. The second kappa shape index (κ2) is 9.16. The number of nitrogens with zero attached hydrogens (tertiary/aromatic N) is 1. The first kappa shape index (κ1) is 25.6. The van der Waals surface area contributed by atoms with Gasteiger partial charge in [0.15, 0.2) is 0 Å². The zero-order valence-corrected chi connectivity index (χ0v) is 19.1. The quantitative estimate of drug-likeness (QED) is 0.260. The van der Waals surface area contributed by atoms with Crippen LogP contribution >= 0.6 is 11.6 Å². The fraction of sp³-hybridized carbons (Fsp3) is 0.200. The Balaban J connectivity index is 1.70. The summed E-state index contributed by atoms with van der Waals surface area (Å²) in [5, 5.41) is 4.20. The van der Waals surface area contributed by atoms with Crippen molar-refractivity contribution in [1.29, 1.82) is 0 Å². The van der Waals surface area contributed by atoms with Crippen molar-refractivity contribution in [3.8, 4) is 0 Å². The van der Waals surface area contributed by atoms with Gasteiger partial charge < -0.3 is 9.57 Å². The van der Waals surface area contributed by atoms with Crippen LogP contribution in [0.1, 0.15) is 33.5 Å². The Morgan fingerprint density at radius 2 is 1.72 bits per heavy atom. The first-order valence-corrected chi connectivity index (χ1v) is 10.7. The van der Waals surface area contributed by atoms with E-state index in [-0.39, 0.29) is 5.71 Å². The number of halogens is 7. The molecule has 1 atom stereocenters. The molecule has 1 heterocycles. The number of benzene rings is 3. The van der Waals surface area contributed by atoms with Gasteiger partial charge in [-0.15, -0.1) is 0 Å². The number of oxime groups is 1. The lowest BCUT2D eigenvalue weighted by molar-refractivity contribution is -0.276. The minimum absolute atomic E-state index is 0.151. The van der Waals surface area contributed by atoms with Gasteiger partial charge in [-0.25, -0.2) is 4.79 Å². The maximum atomic E-state index is 14.2. The summed E-state index contributed by atoms with van der Waals surface area (Å²) in [4.78, 5) is 16.8. The van der Waals surface area contributed by atoms with Crippen LogP contribution in [0.15, 0.2) is 65.8 Å². The molecule has 3 aromatic carbocycles. The maximum absolute atomic E-state index is 14.2. The van der Waals surface area contributed by atoms with Crippen molar-refractivity contribution < 1.29 is 40.7 Å². The predicted molar refractivity (Wildman–Crippen MR) is 122 cm³/mol. The first-order chi connectivity index (χ1) is 16.9. The van der Waals surface area contributed by atoms with Crippen LogP contribution in [0.4, 0.5) is 26.3 Å². The summed E-state index contributed by atoms with van der Waals surface area (Å²) in [5.41, 5.74) is -4.57. The van der Waals surface area contributed by atoms with Gasteiger partial charge in [-0.3, -0.25) is 0 Å². The van der Waals surface area contributed by atoms with Crippen molar-refractivity contribution in [1.82, 2.24) is 0 Å². The number of ether oxygens (including phenoxy) is 1. The van der Waals surface area contributed by atoms with E-state index in [0.29, 0.717) is 34.0 Å². The number of carbonyl (C=O) groups is 1. The Hall–Kier alpha value is -3.53. The SMILES string of the molecule is COC(=O)c1ccc(C=CC2=NOC(c3cc(Cl)cc(C(F)(F)F)c3)(C(F)(F)F)C2)c2ccccc12. The summed E-state index contributed by atoms with van der Waals surface area (Å²) >= 11 is 5.72. The van der Waals surface area contributed by atoms with E-state index >= 15 is 0 Å². The summed E-state index contributed by atoms with van der Waals surface area (Å²) in [6, 6.07) is 11.6. The zero-order valence-electron chi connectivity index (χ0n) is 18.4. The number of rotatable bonds is 4. The normalized spacial score (nSPS) is 18.4. The molecule has 11 heteroatoms. The summed E-state index contributed by atoms with van der Waals surface area (Å²) in [5.74, 6) is -0.551. The number of alkyl halides is 6. The molecule has 4 nitrogen and oxygen atoms in total. The Morgan fingerprint density at radius 1 is 1.03 bits per heavy atom. The fourth-order valence-electron chi connectivity index (χ4n) is 3.94. The molecule has 0 saturated heterocycles. The van der Waals surface area contributed by atoms with E-state index < -0.39 is 46.5 Å². The van der Waals surface area contributed by atoms with E-state index in [2.05, 4.69) is 5.16 Å². The van der Waals surface area contributed by atoms with Crippen LogP contribution in [-0.4, -0.2) is 25.0 Å². The number of methoxy groups -OCH3 is 1. The number of hydrogen-bond acceptors (Lipinski definition) is 4. The third-order valence-electron chi connectivity index (χ3n) is 5.72. The topological polar surface area (TPSA) is 47.9 Å². The highest BCUT2D eigenvalue weighted by Crippen LogP contribution is 2.49. The predicted octanol–water partition coefficient (Wildman–Crippen LogP) is 7.55. The Kier molecular flexibility index (Phi) is 6.51. The molecule has 0 radical (unpaired) electrons. The van der Waals surface area contributed by atoms with Gasteiger partial charge >= 0.3 is 18.3 Å². The highest BCUT2D eigenvalue weighted by atomic mass is 35.5. The van der Waals surface area contributed by atoms with Gasteiger partial charge in [-0.2, -0.15) is 26.3 Å². The average Bonchev–Trinajstić information content (AvgIpc) is 3.27. The lowest BCUT2D eigenvalue weighted by atomic mass is 9.87. The van der Waals surface area contributed by atoms with Gasteiger partial charge in [-0.1, -0.05) is 53.2 Å². The molecule has 1 unspecified atom stereocenters. The van der Waals surface area contributed by atoms with E-state index in [0.717, 1.165) is 6.07 Å². The van der Waals surface area contributed by atoms with E-state index in [1.54, 1.807) is 30.3 Å². The summed E-state index contributed by atoms with van der Waals surface area (Å²) in [6.07, 6.45) is -8.12. The van der Waals surface area contributed by atoms with Crippen LogP contribution in [0.3, 0.4) is 0 Å². The summed E-state index contributed by atoms with van der Waals surface area (Å²) in [6.45, 7) is 0. The highest BCUT2D eigenvalue weighted by molar-refractivity contribution is 6.30. The first-order valence-electron chi connectivity index (χ1n) is 10.3. The standard InChI is InChI=1S/C25H16ClF6NO3/c1-35-22(34)21-9-7-14(19-4-2-3-5-20(19)21)6-8-18-13-23(36-33-18,25(30,31)32)15-10-16(24(27,28)29)12-17(26)11-15/h2-12H,13H2,1H3. The second-order valence-corrected chi connectivity index (χ2v) is 8.41. The Labute approximate surface area is 205 Å². The van der Waals surface area contributed by atoms with Crippen LogP contribution in [0.25, 0.3) is 16.8 Å². The van der Waals surface area contributed by atoms with E-state index in [4.69, 9.17) is 21.2 Å². The third-order valence-corrected chi connectivity index (χ3v) is 5.93. The number of allylic oxidation sites excluding steroid dienone is 1. The lowest BCUT2D eigenvalue weighted by Crippen LogP contribution is -2.42. The minimum atomic E-state index is -5.10. The van der Waals surface area contributed by atoms with Gasteiger partial charge in [0, 0.05) is 17.0 Å². The van der Waals surface area contributed by atoms with Crippen molar-refractivity contribution in [2.24, 2.45) is 5.16 Å². The molecular weight excluding hydrogens is 512 g/mol. The average molecular weight is 528 g/mol. The number of fused-ring (bicyclic) bond motifs is 1. The molecule has 0 amide bonds. The third kappa shape index (κ3) is 4.65. The molecule has 1 aliphatic rings. The van der Waals surface area contributed by atoms with Gasteiger partial charge in [0.05, 0.1) is 23.9 Å². The van der Waals surface area contributed by atoms with E-state index in [1.165, 1.54) is 25.3 Å². The van der Waals surface area contributed by atoms with E-state index in [1.807, 2.05) is 0 Å². The molecule has 1 aliphatic heterocycles. The van der Waals surface area contributed by atoms with Crippen LogP contribution in [-0.2, 0) is 21.4 Å². The minimum Gasteiger partial charge on any atom is -0.465 e. The largest absolute Gasteiger partial charge is 0.465 e. The molecule has 36 heavy (non-hydrogen) atoms. The lowest BCUT2D eigenvalue weighted by Gasteiger charge is -2.30. The summed E-state index contributed by atoms with van der Waals surface area (Å²) in [7, 11) is 1.24. The number of hydrogen-bond donors (Lipinski definition) is 0. The monoisotopic (exact) mass is 527 g/mol. The molecule has 0 aliphatic carbocycles. The molecule has 3 aromatic rings. The molecule has 0 spiro atoms. The Bertz CT molecular complexity index is 1400. The zero-order chi connectivity index (χ0) is 26.3. The van der Waals surface area contributed by atoms with E-state index in [9.17, 15) is 31.1 Å². The fourth-order valence-corrected chi connectivity index (χ4v) is 4.18. The van der Waals surface area contributed by atoms with Crippen molar-refractivity contribution >= 4 is 40.1 Å². The van der Waals surface area contributed by atoms with Crippen molar-refractivity contribution in [2.75, 3.05) is 7.11 Å². The molecule has 188 valence electrons. The smallest absolute Gasteiger partial charge is 0.435 e. The molecule has 0 fully saturated rings. The van der Waals surface area contributed by atoms with Gasteiger partial charge in [0.2, 0.25) is 0 Å². The van der Waals surface area contributed by atoms with Crippen molar-refractivity contribution in [3.63, 3.8) is 0 Å². The molecule has 0 N–H and O–H groups in total. The molecule has 0 bridgehead atoms. The van der Waals surface area contributed by atoms with Gasteiger partial charge in [0.1, 0.15) is 0 Å². The number of carbonyl (C=O) groups excluding carboxylic acids is 1. The summed E-state index contributed by atoms with van der Waals surface area (Å²) < 4.78 is 87.0. The molecule has 4 rings (SSSR count). The maximum Gasteiger partial charge on any atom is 0.435 e. The Morgan fingerprint density at radius 3 is 2.36 bits per heavy atom. The van der Waals surface area contributed by atoms with Crippen LogP contribution in [0.5, 0.6) is 0 Å². The van der Waals surface area contributed by atoms with Crippen molar-refractivity contribution in [2.45, 2.75) is 24.4 Å². The van der Waals surface area contributed by atoms with Gasteiger partial charge in [-0.05, 0) is 46.7 Å². The van der Waals surface area contributed by atoms with Crippen LogP contribution in [0.2, 0.25) is 5.02 Å². The second-order valence-electron chi connectivity index (χ2n) is 7.97. The highest BCUT2D eigenvalue weighted by Gasteiger charge is 2.62. The van der Waals surface area contributed by atoms with Crippen molar-refractivity contribution in [3.05, 3.63) is 87.9 Å². The molecular formula is C25H16ClF6NO3. The van der Waals surface area contributed by atoms with Gasteiger partial charge in [0.25, 0.3) is 5.60 Å². The number of esters is 1. The van der Waals surface area contributed by atoms with Crippen LogP contribution in [0, 0.1) is 0 Å². The van der Waals surface area contributed by atoms with Crippen LogP contribution < -0.4 is 0 Å². The molecule has 0 saturated carbocycles.